The topological polar surface area (TPSA) is 31.2 Å². The number of hydrogen-bond donors (Lipinski definition) is 0. The molecule has 3 nitrogen and oxygen atoms in total. The molecule has 0 fully saturated rings. The number of rotatable bonds is 5. The Balaban J connectivity index is 1.79. The predicted molar refractivity (Wildman–Crippen MR) is 124 cm³/mol. The fraction of sp³-hybridized carbons (Fsp3) is 0.115. The van der Waals surface area contributed by atoms with E-state index in [1.54, 1.807) is 35.9 Å². The standard InChI is InChI=1S/C26H22ClNO2/c1-18-23(10-6-9-19-7-4-3-5-8-19)24-17-22(30-2)15-16-25(24)28(18)26(29)20-11-13-21(27)14-12-20/h3-9,11-17H,10H2,1-2H3/b9-6+. The molecule has 0 aliphatic carbocycles. The summed E-state index contributed by atoms with van der Waals surface area (Å²) >= 11 is 5.99. The van der Waals surface area contributed by atoms with Crippen LogP contribution in [0.4, 0.5) is 0 Å². The summed E-state index contributed by atoms with van der Waals surface area (Å²) < 4.78 is 7.21. The van der Waals surface area contributed by atoms with Crippen molar-refractivity contribution < 1.29 is 9.53 Å². The van der Waals surface area contributed by atoms with Gasteiger partial charge in [0.1, 0.15) is 5.75 Å². The van der Waals surface area contributed by atoms with E-state index < -0.39 is 0 Å². The van der Waals surface area contributed by atoms with Gasteiger partial charge in [-0.1, -0.05) is 54.1 Å². The molecule has 0 aliphatic rings. The van der Waals surface area contributed by atoms with E-state index >= 15 is 0 Å². The van der Waals surface area contributed by atoms with Gasteiger partial charge in [-0.3, -0.25) is 9.36 Å². The van der Waals surface area contributed by atoms with E-state index in [0.717, 1.165) is 33.5 Å². The number of fused-ring (bicyclic) bond motifs is 1. The summed E-state index contributed by atoms with van der Waals surface area (Å²) in [6, 6.07) is 23.0. The van der Waals surface area contributed by atoms with Crippen LogP contribution in [-0.4, -0.2) is 17.6 Å². The van der Waals surface area contributed by atoms with Crippen LogP contribution in [0.1, 0.15) is 27.2 Å². The summed E-state index contributed by atoms with van der Waals surface area (Å²) in [6.07, 6.45) is 4.95. The molecule has 150 valence electrons. The van der Waals surface area contributed by atoms with Gasteiger partial charge in [0.25, 0.3) is 5.91 Å². The van der Waals surface area contributed by atoms with Crippen LogP contribution in [0.3, 0.4) is 0 Å². The van der Waals surface area contributed by atoms with Crippen LogP contribution in [-0.2, 0) is 6.42 Å². The first-order chi connectivity index (χ1) is 14.6. The van der Waals surface area contributed by atoms with Crippen molar-refractivity contribution in [2.24, 2.45) is 0 Å². The maximum atomic E-state index is 13.3. The Kier molecular flexibility index (Phi) is 5.73. The highest BCUT2D eigenvalue weighted by Gasteiger charge is 2.19. The smallest absolute Gasteiger partial charge is 0.262 e. The SMILES string of the molecule is COc1ccc2c(c1)c(C/C=C/c1ccccc1)c(C)n2C(=O)c1ccc(Cl)cc1. The number of nitrogens with zero attached hydrogens (tertiary/aromatic N) is 1. The molecule has 1 aromatic heterocycles. The third-order valence-corrected chi connectivity index (χ3v) is 5.52. The molecule has 0 unspecified atom stereocenters. The largest absolute Gasteiger partial charge is 0.497 e. The number of carbonyl (C=O) groups excluding carboxylic acids is 1. The molecule has 0 bridgehead atoms. The zero-order chi connectivity index (χ0) is 21.1. The number of ether oxygens (including phenoxy) is 1. The minimum atomic E-state index is -0.0716. The van der Waals surface area contributed by atoms with Crippen LogP contribution in [0.15, 0.2) is 78.9 Å². The Bertz CT molecular complexity index is 1220. The lowest BCUT2D eigenvalue weighted by Gasteiger charge is -2.08. The number of carbonyl (C=O) groups is 1. The minimum Gasteiger partial charge on any atom is -0.497 e. The molecule has 0 N–H and O–H groups in total. The van der Waals surface area contributed by atoms with Crippen molar-refractivity contribution in [2.75, 3.05) is 7.11 Å². The zero-order valence-electron chi connectivity index (χ0n) is 16.9. The third-order valence-electron chi connectivity index (χ3n) is 5.27. The number of allylic oxidation sites excluding steroid dienone is 1. The molecular weight excluding hydrogens is 394 g/mol. The fourth-order valence-electron chi connectivity index (χ4n) is 3.71. The van der Waals surface area contributed by atoms with Gasteiger partial charge in [0.05, 0.1) is 12.6 Å². The van der Waals surface area contributed by atoms with Gasteiger partial charge in [-0.05, 0) is 66.9 Å². The number of hydrogen-bond acceptors (Lipinski definition) is 2. The first-order valence-electron chi connectivity index (χ1n) is 9.78. The zero-order valence-corrected chi connectivity index (χ0v) is 17.7. The van der Waals surface area contributed by atoms with Gasteiger partial charge in [0, 0.05) is 21.7 Å². The van der Waals surface area contributed by atoms with Crippen LogP contribution < -0.4 is 4.74 Å². The summed E-state index contributed by atoms with van der Waals surface area (Å²) in [5, 5.41) is 1.63. The Morgan fingerprint density at radius 1 is 1.03 bits per heavy atom. The molecule has 4 rings (SSSR count). The second-order valence-corrected chi connectivity index (χ2v) is 7.55. The van der Waals surface area contributed by atoms with Crippen molar-refractivity contribution in [2.45, 2.75) is 13.3 Å². The fourth-order valence-corrected chi connectivity index (χ4v) is 3.83. The van der Waals surface area contributed by atoms with E-state index in [-0.39, 0.29) is 5.91 Å². The molecule has 0 saturated carbocycles. The summed E-state index contributed by atoms with van der Waals surface area (Å²) in [6.45, 7) is 1.99. The van der Waals surface area contributed by atoms with Crippen molar-refractivity contribution in [3.63, 3.8) is 0 Å². The highest BCUT2D eigenvalue weighted by molar-refractivity contribution is 6.30. The molecule has 0 aliphatic heterocycles. The first-order valence-corrected chi connectivity index (χ1v) is 10.2. The van der Waals surface area contributed by atoms with Crippen molar-refractivity contribution in [1.29, 1.82) is 0 Å². The average Bonchev–Trinajstić information content (AvgIpc) is 3.05. The van der Waals surface area contributed by atoms with E-state index in [1.165, 1.54) is 0 Å². The van der Waals surface area contributed by atoms with Gasteiger partial charge in [0.15, 0.2) is 0 Å². The molecule has 0 atom stereocenters. The summed E-state index contributed by atoms with van der Waals surface area (Å²) in [7, 11) is 1.65. The Morgan fingerprint density at radius 2 is 1.77 bits per heavy atom. The van der Waals surface area contributed by atoms with Gasteiger partial charge in [-0.2, -0.15) is 0 Å². The highest BCUT2D eigenvalue weighted by Crippen LogP contribution is 2.31. The maximum absolute atomic E-state index is 13.3. The molecule has 30 heavy (non-hydrogen) atoms. The van der Waals surface area contributed by atoms with Gasteiger partial charge in [-0.25, -0.2) is 0 Å². The summed E-state index contributed by atoms with van der Waals surface area (Å²) in [5.74, 6) is 0.699. The number of halogens is 1. The van der Waals surface area contributed by atoms with Crippen LogP contribution in [0.25, 0.3) is 17.0 Å². The second kappa shape index (κ2) is 8.60. The highest BCUT2D eigenvalue weighted by atomic mass is 35.5. The van der Waals surface area contributed by atoms with Crippen LogP contribution in [0, 0.1) is 6.92 Å². The van der Waals surface area contributed by atoms with E-state index in [4.69, 9.17) is 16.3 Å². The van der Waals surface area contributed by atoms with Crippen LogP contribution >= 0.6 is 11.6 Å². The van der Waals surface area contributed by atoms with E-state index in [9.17, 15) is 4.79 Å². The van der Waals surface area contributed by atoms with Crippen molar-refractivity contribution >= 4 is 34.5 Å². The van der Waals surface area contributed by atoms with Crippen LogP contribution in [0.5, 0.6) is 5.75 Å². The normalized spacial score (nSPS) is 11.3. The number of methoxy groups -OCH3 is 1. The molecule has 0 amide bonds. The molecular formula is C26H22ClNO2. The molecule has 0 spiro atoms. The van der Waals surface area contributed by atoms with E-state index in [2.05, 4.69) is 24.3 Å². The van der Waals surface area contributed by atoms with Gasteiger partial charge < -0.3 is 4.74 Å². The van der Waals surface area contributed by atoms with Gasteiger partial charge in [0.2, 0.25) is 0 Å². The van der Waals surface area contributed by atoms with E-state index in [0.29, 0.717) is 17.0 Å². The lowest BCUT2D eigenvalue weighted by molar-refractivity contribution is 0.0963. The van der Waals surface area contributed by atoms with Crippen molar-refractivity contribution in [3.8, 4) is 5.75 Å². The molecule has 1 heterocycles. The molecule has 4 heteroatoms. The van der Waals surface area contributed by atoms with Crippen LogP contribution in [0.2, 0.25) is 5.02 Å². The minimum absolute atomic E-state index is 0.0716. The molecule has 0 saturated heterocycles. The molecule has 0 radical (unpaired) electrons. The van der Waals surface area contributed by atoms with Crippen molar-refractivity contribution in [1.82, 2.24) is 4.57 Å². The quantitative estimate of drug-likeness (QED) is 0.369. The lowest BCUT2D eigenvalue weighted by Crippen LogP contribution is -2.13. The first kappa shape index (κ1) is 20.0. The summed E-state index contributed by atoms with van der Waals surface area (Å²) in [4.78, 5) is 13.3. The Hall–Kier alpha value is -3.30. The predicted octanol–water partition coefficient (Wildman–Crippen LogP) is 6.56. The molecule has 4 aromatic rings. The monoisotopic (exact) mass is 415 g/mol. The molecule has 3 aromatic carbocycles. The van der Waals surface area contributed by atoms with Crippen molar-refractivity contribution in [3.05, 3.63) is 106 Å². The number of aromatic nitrogens is 1. The summed E-state index contributed by atoms with van der Waals surface area (Å²) in [5.41, 5.74) is 4.65. The average molecular weight is 416 g/mol. The third kappa shape index (κ3) is 3.89. The Morgan fingerprint density at radius 3 is 2.47 bits per heavy atom. The van der Waals surface area contributed by atoms with Gasteiger partial charge in [-0.15, -0.1) is 0 Å². The number of benzene rings is 3. The maximum Gasteiger partial charge on any atom is 0.262 e. The Labute approximate surface area is 181 Å². The van der Waals surface area contributed by atoms with E-state index in [1.807, 2.05) is 43.3 Å². The second-order valence-electron chi connectivity index (χ2n) is 7.11. The van der Waals surface area contributed by atoms with Gasteiger partial charge >= 0.3 is 0 Å². The lowest BCUT2D eigenvalue weighted by atomic mass is 10.1.